The number of isothiocyanates is 2. The number of hydrogen-bond acceptors (Lipinski definition) is 8. The van der Waals surface area contributed by atoms with Gasteiger partial charge >= 0.3 is 0 Å². The lowest BCUT2D eigenvalue weighted by molar-refractivity contribution is 0.0565. The molecule has 2 aliphatic rings. The highest BCUT2D eigenvalue weighted by atomic mass is 32.1. The predicted molar refractivity (Wildman–Crippen MR) is 214 cm³/mol. The maximum atomic E-state index is 14.4. The van der Waals surface area contributed by atoms with Crippen molar-refractivity contribution in [2.24, 2.45) is 21.8 Å². The third kappa shape index (κ3) is 5.48. The van der Waals surface area contributed by atoms with Crippen LogP contribution in [0.2, 0.25) is 0 Å². The molecule has 0 aliphatic carbocycles. The Morgan fingerprint density at radius 2 is 0.962 bits per heavy atom. The molecule has 2 heterocycles. The molecule has 0 spiro atoms. The van der Waals surface area contributed by atoms with Gasteiger partial charge < -0.3 is 0 Å². The molecule has 5 aromatic carbocycles. The fourth-order valence-corrected chi connectivity index (χ4v) is 8.68. The molecule has 0 saturated carbocycles. The molecule has 2 atom stereocenters. The van der Waals surface area contributed by atoms with Crippen molar-refractivity contribution in [1.29, 1.82) is 0 Å². The summed E-state index contributed by atoms with van der Waals surface area (Å²) in [6.07, 6.45) is 7.69. The van der Waals surface area contributed by atoms with E-state index >= 15 is 0 Å². The number of carbonyl (C=O) groups excluding carboxylic acids is 4. The van der Waals surface area contributed by atoms with Gasteiger partial charge in [0, 0.05) is 51.1 Å². The van der Waals surface area contributed by atoms with Gasteiger partial charge in [-0.15, -0.1) is 0 Å². The van der Waals surface area contributed by atoms with Crippen LogP contribution >= 0.6 is 24.4 Å². The largest absolute Gasteiger partial charge is 0.274 e. The van der Waals surface area contributed by atoms with Crippen molar-refractivity contribution in [2.75, 3.05) is 13.1 Å². The first-order chi connectivity index (χ1) is 25.2. The number of amides is 4. The van der Waals surface area contributed by atoms with Crippen LogP contribution in [0.4, 0.5) is 11.4 Å². The second-order valence-corrected chi connectivity index (χ2v) is 14.5. The van der Waals surface area contributed by atoms with E-state index in [0.29, 0.717) is 89.8 Å². The first kappa shape index (κ1) is 35.7. The van der Waals surface area contributed by atoms with Gasteiger partial charge in [-0.05, 0) is 89.5 Å². The third-order valence-electron chi connectivity index (χ3n) is 11.3. The molecule has 0 saturated heterocycles. The molecule has 264 valence electrons. The van der Waals surface area contributed by atoms with Crippen LogP contribution in [0.5, 0.6) is 0 Å². The Morgan fingerprint density at radius 3 is 1.35 bits per heavy atom. The summed E-state index contributed by atoms with van der Waals surface area (Å²) in [5.74, 6) is -1.02. The number of unbranched alkanes of at least 4 members (excludes halogenated alkanes) is 2. The Hall–Kier alpha value is -4.72. The summed E-state index contributed by atoms with van der Waals surface area (Å²) in [7, 11) is 0. The molecule has 5 aromatic rings. The van der Waals surface area contributed by atoms with Crippen molar-refractivity contribution < 1.29 is 19.2 Å². The van der Waals surface area contributed by atoms with Crippen molar-refractivity contribution in [1.82, 2.24) is 9.80 Å². The Bertz CT molecular complexity index is 2300. The minimum atomic E-state index is -0.381. The quantitative estimate of drug-likeness (QED) is 0.0371. The average molecular weight is 729 g/mol. The van der Waals surface area contributed by atoms with Gasteiger partial charge in [0.15, 0.2) is 0 Å². The van der Waals surface area contributed by atoms with E-state index in [1.807, 2.05) is 12.1 Å². The molecule has 2 unspecified atom stereocenters. The number of nitrogens with zero attached hydrogens (tertiary/aromatic N) is 4. The molecule has 7 rings (SSSR count). The maximum absolute atomic E-state index is 14.4. The summed E-state index contributed by atoms with van der Waals surface area (Å²) >= 11 is 10.3. The van der Waals surface area contributed by atoms with Crippen LogP contribution in [0.25, 0.3) is 43.1 Å². The van der Waals surface area contributed by atoms with Crippen LogP contribution in [0.3, 0.4) is 0 Å². The molecule has 0 bridgehead atoms. The summed E-state index contributed by atoms with van der Waals surface area (Å²) in [6, 6.07) is 10.7. The van der Waals surface area contributed by atoms with Crippen molar-refractivity contribution in [3.63, 3.8) is 0 Å². The van der Waals surface area contributed by atoms with Crippen molar-refractivity contribution in [3.8, 4) is 0 Å². The van der Waals surface area contributed by atoms with E-state index in [1.54, 1.807) is 24.3 Å². The lowest BCUT2D eigenvalue weighted by atomic mass is 9.80. The molecular formula is C42H40N4O4S2. The highest BCUT2D eigenvalue weighted by Crippen LogP contribution is 2.52. The normalized spacial score (nSPS) is 15.2. The van der Waals surface area contributed by atoms with Crippen LogP contribution in [0.15, 0.2) is 46.4 Å². The highest BCUT2D eigenvalue weighted by molar-refractivity contribution is 7.78. The Balaban J connectivity index is 1.53. The number of thiocarbonyl (C=S) groups is 2. The van der Waals surface area contributed by atoms with Gasteiger partial charge in [0.05, 0.1) is 32.8 Å². The van der Waals surface area contributed by atoms with E-state index in [1.165, 1.54) is 9.80 Å². The minimum absolute atomic E-state index is 0.163. The zero-order chi connectivity index (χ0) is 36.8. The predicted octanol–water partition coefficient (Wildman–Crippen LogP) is 10.8. The number of carbonyl (C=O) groups is 4. The van der Waals surface area contributed by atoms with Crippen molar-refractivity contribution in [3.05, 3.63) is 58.7 Å². The van der Waals surface area contributed by atoms with Gasteiger partial charge in [-0.25, -0.2) is 0 Å². The van der Waals surface area contributed by atoms with Gasteiger partial charge in [-0.3, -0.25) is 29.0 Å². The molecule has 2 aliphatic heterocycles. The highest BCUT2D eigenvalue weighted by Gasteiger charge is 2.39. The number of fused-ring (bicyclic) bond motifs is 2. The lowest BCUT2D eigenvalue weighted by Gasteiger charge is -2.32. The zero-order valence-electron chi connectivity index (χ0n) is 29.9. The topological polar surface area (TPSA) is 99.5 Å². The second-order valence-electron chi connectivity index (χ2n) is 14.1. The summed E-state index contributed by atoms with van der Waals surface area (Å²) in [6.45, 7) is 9.12. The number of hydrogen-bond donors (Lipinski definition) is 0. The molecule has 0 fully saturated rings. The van der Waals surface area contributed by atoms with Crippen molar-refractivity contribution in [2.45, 2.75) is 79.1 Å². The molecule has 10 heteroatoms. The molecular weight excluding hydrogens is 689 g/mol. The van der Waals surface area contributed by atoms with Gasteiger partial charge in [0.25, 0.3) is 23.6 Å². The second kappa shape index (κ2) is 14.4. The molecule has 8 nitrogen and oxygen atoms in total. The Labute approximate surface area is 313 Å². The average Bonchev–Trinajstić information content (AvgIpc) is 3.15. The standard InChI is InChI=1S/C42H40N4O4S2/c1-5-9-11-23(7-3)19-45-39(47)27-15-13-25-33-26(14-16-28(34(27)33)40(45)48)37-32(44-22-52)18-30-35-29(17-31(43-21-51)36(25)38(35)37)41(49)46(42(30)50)20-24(8-4)12-10-6-2/h13-18,23-24H,5-12,19-20H2,1-4H3. The van der Waals surface area contributed by atoms with Gasteiger partial charge in [-0.1, -0.05) is 78.4 Å². The van der Waals surface area contributed by atoms with Gasteiger partial charge in [0.2, 0.25) is 0 Å². The first-order valence-electron chi connectivity index (χ1n) is 18.4. The molecule has 0 N–H and O–H groups in total. The lowest BCUT2D eigenvalue weighted by Crippen LogP contribution is -2.43. The van der Waals surface area contributed by atoms with E-state index in [2.05, 4.69) is 48.0 Å². The van der Waals surface area contributed by atoms with Crippen LogP contribution in [-0.4, -0.2) is 56.8 Å². The fourth-order valence-electron chi connectivity index (χ4n) is 8.48. The van der Waals surface area contributed by atoms with Crippen LogP contribution in [-0.2, 0) is 0 Å². The number of rotatable bonds is 14. The minimum Gasteiger partial charge on any atom is -0.274 e. The summed E-state index contributed by atoms with van der Waals surface area (Å²) in [5, 5.41) is 10.1. The molecule has 52 heavy (non-hydrogen) atoms. The summed E-state index contributed by atoms with van der Waals surface area (Å²) in [4.78, 5) is 68.8. The molecule has 0 aromatic heterocycles. The Morgan fingerprint density at radius 1 is 0.558 bits per heavy atom. The number of benzene rings is 5. The van der Waals surface area contributed by atoms with E-state index in [9.17, 15) is 19.2 Å². The van der Waals surface area contributed by atoms with Gasteiger partial charge in [0.1, 0.15) is 0 Å². The summed E-state index contributed by atoms with van der Waals surface area (Å²) in [5.41, 5.74) is 2.40. The van der Waals surface area contributed by atoms with Crippen LogP contribution in [0, 0.1) is 11.8 Å². The smallest absolute Gasteiger partial charge is 0.261 e. The van der Waals surface area contributed by atoms with Crippen LogP contribution < -0.4 is 0 Å². The number of imide groups is 2. The third-order valence-corrected chi connectivity index (χ3v) is 11.4. The summed E-state index contributed by atoms with van der Waals surface area (Å²) < 4.78 is 0. The van der Waals surface area contributed by atoms with E-state index in [0.717, 1.165) is 51.4 Å². The van der Waals surface area contributed by atoms with Gasteiger partial charge in [-0.2, -0.15) is 9.98 Å². The monoisotopic (exact) mass is 728 g/mol. The van der Waals surface area contributed by atoms with E-state index in [4.69, 9.17) is 24.4 Å². The zero-order valence-corrected chi connectivity index (χ0v) is 31.6. The molecule has 0 radical (unpaired) electrons. The molecule has 4 amide bonds. The number of aliphatic imine (C=N–C) groups is 2. The fraction of sp³-hybridized carbons (Fsp3) is 0.381. The van der Waals surface area contributed by atoms with Crippen molar-refractivity contribution >= 4 is 113 Å². The first-order valence-corrected chi connectivity index (χ1v) is 19.2. The van der Waals surface area contributed by atoms with E-state index < -0.39 is 0 Å². The van der Waals surface area contributed by atoms with Crippen LogP contribution in [0.1, 0.15) is 120 Å². The van der Waals surface area contributed by atoms with E-state index in [-0.39, 0.29) is 35.5 Å². The maximum Gasteiger partial charge on any atom is 0.261 e. The SMILES string of the molecule is CCCCC(CC)CN1C(=O)c2ccc3c4c(N=C=S)cc5c6c(cc(N=C=S)c(c7ccc(c2c37)C1=O)c64)C(=O)N(CC(CC)CCCC)C5=O. The Kier molecular flexibility index (Phi) is 9.85.